The SMILES string of the molecule is C[C@@H](O)c1c(F)cccc1Oc1cnc2ccccc2c1. The van der Waals surface area contributed by atoms with E-state index in [0.717, 1.165) is 10.9 Å². The summed E-state index contributed by atoms with van der Waals surface area (Å²) >= 11 is 0. The van der Waals surface area contributed by atoms with Gasteiger partial charge in [-0.3, -0.25) is 4.98 Å². The highest BCUT2D eigenvalue weighted by molar-refractivity contribution is 5.79. The van der Waals surface area contributed by atoms with Gasteiger partial charge in [0.25, 0.3) is 0 Å². The number of fused-ring (bicyclic) bond motifs is 1. The van der Waals surface area contributed by atoms with Crippen molar-refractivity contribution in [3.63, 3.8) is 0 Å². The van der Waals surface area contributed by atoms with Gasteiger partial charge in [-0.25, -0.2) is 4.39 Å². The van der Waals surface area contributed by atoms with E-state index in [0.29, 0.717) is 11.5 Å². The van der Waals surface area contributed by atoms with E-state index in [9.17, 15) is 9.50 Å². The molecule has 0 aliphatic heterocycles. The molecular formula is C17H14FNO2. The van der Waals surface area contributed by atoms with Crippen LogP contribution in [0.2, 0.25) is 0 Å². The predicted octanol–water partition coefficient (Wildman–Crippen LogP) is 4.22. The summed E-state index contributed by atoms with van der Waals surface area (Å²) in [5.74, 6) is 0.305. The van der Waals surface area contributed by atoms with E-state index in [-0.39, 0.29) is 5.56 Å². The molecule has 0 radical (unpaired) electrons. The van der Waals surface area contributed by atoms with E-state index in [1.54, 1.807) is 18.3 Å². The number of para-hydroxylation sites is 1. The molecule has 4 heteroatoms. The number of halogens is 1. The van der Waals surface area contributed by atoms with Crippen LogP contribution in [0, 0.1) is 5.82 Å². The van der Waals surface area contributed by atoms with E-state index in [2.05, 4.69) is 4.98 Å². The number of aliphatic hydroxyl groups is 1. The lowest BCUT2D eigenvalue weighted by Crippen LogP contribution is -2.00. The molecule has 3 rings (SSSR count). The molecule has 0 aliphatic carbocycles. The summed E-state index contributed by atoms with van der Waals surface area (Å²) in [6.07, 6.45) is 0.633. The Hall–Kier alpha value is -2.46. The summed E-state index contributed by atoms with van der Waals surface area (Å²) in [4.78, 5) is 4.29. The fourth-order valence-electron chi connectivity index (χ4n) is 2.25. The van der Waals surface area contributed by atoms with Gasteiger partial charge in [-0.15, -0.1) is 0 Å². The number of nitrogens with zero attached hydrogens (tertiary/aromatic N) is 1. The maximum Gasteiger partial charge on any atom is 0.146 e. The minimum atomic E-state index is -0.949. The second kappa shape index (κ2) is 5.50. The van der Waals surface area contributed by atoms with Crippen molar-refractivity contribution in [2.24, 2.45) is 0 Å². The first-order valence-corrected chi connectivity index (χ1v) is 6.64. The van der Waals surface area contributed by atoms with Gasteiger partial charge in [0.05, 0.1) is 23.4 Å². The van der Waals surface area contributed by atoms with Crippen molar-refractivity contribution in [3.05, 3.63) is 66.1 Å². The number of benzene rings is 2. The molecule has 0 fully saturated rings. The Bertz CT molecular complexity index is 787. The number of pyridine rings is 1. The van der Waals surface area contributed by atoms with Crippen molar-refractivity contribution in [1.82, 2.24) is 4.98 Å². The van der Waals surface area contributed by atoms with Crippen LogP contribution >= 0.6 is 0 Å². The highest BCUT2D eigenvalue weighted by atomic mass is 19.1. The van der Waals surface area contributed by atoms with Crippen molar-refractivity contribution in [3.8, 4) is 11.5 Å². The van der Waals surface area contributed by atoms with E-state index < -0.39 is 11.9 Å². The predicted molar refractivity (Wildman–Crippen MR) is 78.9 cm³/mol. The lowest BCUT2D eigenvalue weighted by atomic mass is 10.1. The highest BCUT2D eigenvalue weighted by Gasteiger charge is 2.15. The maximum atomic E-state index is 13.8. The topological polar surface area (TPSA) is 42.4 Å². The standard InChI is InChI=1S/C17H14FNO2/c1-11(20)17-14(18)6-4-8-16(17)21-13-9-12-5-2-3-7-15(12)19-10-13/h2-11,20H,1H3/t11-/m1/s1. The molecule has 0 aliphatic rings. The molecule has 2 aromatic carbocycles. The number of hydrogen-bond acceptors (Lipinski definition) is 3. The minimum Gasteiger partial charge on any atom is -0.455 e. The van der Waals surface area contributed by atoms with Gasteiger partial charge in [-0.1, -0.05) is 24.3 Å². The lowest BCUT2D eigenvalue weighted by molar-refractivity contribution is 0.190. The smallest absolute Gasteiger partial charge is 0.146 e. The third-order valence-electron chi connectivity index (χ3n) is 3.22. The van der Waals surface area contributed by atoms with E-state index >= 15 is 0 Å². The van der Waals surface area contributed by atoms with Gasteiger partial charge in [-0.2, -0.15) is 0 Å². The summed E-state index contributed by atoms with van der Waals surface area (Å²) in [7, 11) is 0. The van der Waals surface area contributed by atoms with Gasteiger partial charge in [0.1, 0.15) is 17.3 Å². The van der Waals surface area contributed by atoms with E-state index in [1.165, 1.54) is 13.0 Å². The summed E-state index contributed by atoms with van der Waals surface area (Å²) < 4.78 is 19.5. The van der Waals surface area contributed by atoms with Crippen LogP contribution in [-0.4, -0.2) is 10.1 Å². The number of rotatable bonds is 3. The van der Waals surface area contributed by atoms with Crippen LogP contribution in [0.4, 0.5) is 4.39 Å². The normalized spacial score (nSPS) is 12.3. The van der Waals surface area contributed by atoms with Crippen molar-refractivity contribution < 1.29 is 14.2 Å². The van der Waals surface area contributed by atoms with Crippen LogP contribution in [0.3, 0.4) is 0 Å². The Morgan fingerprint density at radius 3 is 2.76 bits per heavy atom. The Balaban J connectivity index is 2.00. The van der Waals surface area contributed by atoms with Crippen LogP contribution in [0.5, 0.6) is 11.5 Å². The third kappa shape index (κ3) is 2.71. The molecule has 0 bridgehead atoms. The van der Waals surface area contributed by atoms with Gasteiger partial charge < -0.3 is 9.84 Å². The zero-order valence-corrected chi connectivity index (χ0v) is 11.5. The summed E-state index contributed by atoms with van der Waals surface area (Å²) in [6, 6.07) is 14.0. The average molecular weight is 283 g/mol. The molecular weight excluding hydrogens is 269 g/mol. The van der Waals surface area contributed by atoms with Gasteiger partial charge >= 0.3 is 0 Å². The Morgan fingerprint density at radius 2 is 1.95 bits per heavy atom. The molecule has 1 aromatic heterocycles. The lowest BCUT2D eigenvalue weighted by Gasteiger charge is -2.14. The summed E-state index contributed by atoms with van der Waals surface area (Å²) in [5.41, 5.74) is 1.01. The van der Waals surface area contributed by atoms with Crippen molar-refractivity contribution in [1.29, 1.82) is 0 Å². The Morgan fingerprint density at radius 1 is 1.14 bits per heavy atom. The number of hydrogen-bond donors (Lipinski definition) is 1. The maximum absolute atomic E-state index is 13.8. The zero-order valence-electron chi connectivity index (χ0n) is 11.5. The Kier molecular flexibility index (Phi) is 3.54. The molecule has 0 saturated carbocycles. The van der Waals surface area contributed by atoms with E-state index in [1.807, 2.05) is 30.3 Å². The second-order valence-corrected chi connectivity index (χ2v) is 4.79. The Labute approximate surface area is 121 Å². The van der Waals surface area contributed by atoms with Crippen LogP contribution in [0.1, 0.15) is 18.6 Å². The molecule has 106 valence electrons. The first kappa shape index (κ1) is 13.5. The van der Waals surface area contributed by atoms with Crippen LogP contribution in [-0.2, 0) is 0 Å². The molecule has 1 heterocycles. The largest absolute Gasteiger partial charge is 0.455 e. The first-order valence-electron chi connectivity index (χ1n) is 6.64. The van der Waals surface area contributed by atoms with Crippen LogP contribution in [0.25, 0.3) is 10.9 Å². The third-order valence-corrected chi connectivity index (χ3v) is 3.22. The molecule has 21 heavy (non-hydrogen) atoms. The first-order chi connectivity index (χ1) is 10.1. The molecule has 0 unspecified atom stereocenters. The van der Waals surface area contributed by atoms with Crippen molar-refractivity contribution in [2.75, 3.05) is 0 Å². The van der Waals surface area contributed by atoms with Gasteiger partial charge in [-0.05, 0) is 31.2 Å². The minimum absolute atomic E-state index is 0.144. The van der Waals surface area contributed by atoms with Crippen LogP contribution in [0.15, 0.2) is 54.7 Å². The average Bonchev–Trinajstić information content (AvgIpc) is 2.47. The monoisotopic (exact) mass is 283 g/mol. The summed E-state index contributed by atoms with van der Waals surface area (Å²) in [6.45, 7) is 1.50. The molecule has 3 nitrogen and oxygen atoms in total. The molecule has 3 aromatic rings. The zero-order chi connectivity index (χ0) is 14.8. The fourth-order valence-corrected chi connectivity index (χ4v) is 2.25. The number of aliphatic hydroxyl groups excluding tert-OH is 1. The molecule has 0 saturated heterocycles. The highest BCUT2D eigenvalue weighted by Crippen LogP contribution is 2.32. The second-order valence-electron chi connectivity index (χ2n) is 4.79. The van der Waals surface area contributed by atoms with Gasteiger partial charge in [0.2, 0.25) is 0 Å². The molecule has 1 atom stereocenters. The summed E-state index contributed by atoms with van der Waals surface area (Å²) in [5, 5.41) is 10.6. The van der Waals surface area contributed by atoms with Crippen LogP contribution < -0.4 is 4.74 Å². The van der Waals surface area contributed by atoms with Gasteiger partial charge in [0.15, 0.2) is 0 Å². The number of aromatic nitrogens is 1. The van der Waals surface area contributed by atoms with Crippen molar-refractivity contribution in [2.45, 2.75) is 13.0 Å². The molecule has 1 N–H and O–H groups in total. The fraction of sp³-hybridized carbons (Fsp3) is 0.118. The molecule has 0 spiro atoms. The van der Waals surface area contributed by atoms with Gasteiger partial charge in [0, 0.05) is 5.39 Å². The number of ether oxygens (including phenoxy) is 1. The quantitative estimate of drug-likeness (QED) is 0.782. The van der Waals surface area contributed by atoms with E-state index in [4.69, 9.17) is 4.74 Å². The molecule has 0 amide bonds. The van der Waals surface area contributed by atoms with Crippen molar-refractivity contribution >= 4 is 10.9 Å².